The van der Waals surface area contributed by atoms with Crippen LogP contribution in [0.1, 0.15) is 72.6 Å². The normalized spacial score (nSPS) is 26.7. The van der Waals surface area contributed by atoms with Crippen LogP contribution in [0.3, 0.4) is 0 Å². The van der Waals surface area contributed by atoms with Gasteiger partial charge in [-0.1, -0.05) is 53.4 Å². The highest BCUT2D eigenvalue weighted by Crippen LogP contribution is 2.62. The third-order valence-corrected chi connectivity index (χ3v) is 6.34. The minimum Gasteiger partial charge on any atom is -0.481 e. The number of amides is 1. The Kier molecular flexibility index (Phi) is 4.11. The standard InChI is InChI=1S/C17H29NO3/c1-15(2)13(16(15,3)4)18-12(19)11-17(14(20)21)9-7-5-6-8-10-17/h13H,5-11H2,1-4H3,(H,18,19)(H,20,21). The quantitative estimate of drug-likeness (QED) is 0.782. The van der Waals surface area contributed by atoms with E-state index in [0.29, 0.717) is 12.8 Å². The maximum atomic E-state index is 12.4. The van der Waals surface area contributed by atoms with E-state index in [1.54, 1.807) is 0 Å². The van der Waals surface area contributed by atoms with Crippen molar-refractivity contribution in [3.63, 3.8) is 0 Å². The van der Waals surface area contributed by atoms with Crippen LogP contribution in [0, 0.1) is 16.2 Å². The van der Waals surface area contributed by atoms with Gasteiger partial charge in [0.1, 0.15) is 0 Å². The van der Waals surface area contributed by atoms with E-state index in [2.05, 4.69) is 33.0 Å². The van der Waals surface area contributed by atoms with Crippen molar-refractivity contribution in [2.45, 2.75) is 78.7 Å². The largest absolute Gasteiger partial charge is 0.481 e. The van der Waals surface area contributed by atoms with Crippen LogP contribution in [-0.4, -0.2) is 23.0 Å². The van der Waals surface area contributed by atoms with Gasteiger partial charge < -0.3 is 10.4 Å². The van der Waals surface area contributed by atoms with Crippen LogP contribution in [0.4, 0.5) is 0 Å². The zero-order chi connectivity index (χ0) is 15.9. The van der Waals surface area contributed by atoms with Crippen LogP contribution < -0.4 is 5.32 Å². The number of aliphatic carboxylic acids is 1. The van der Waals surface area contributed by atoms with E-state index in [-0.39, 0.29) is 29.2 Å². The molecule has 2 saturated carbocycles. The molecule has 0 aromatic rings. The first-order chi connectivity index (χ1) is 9.63. The topological polar surface area (TPSA) is 66.4 Å². The summed E-state index contributed by atoms with van der Waals surface area (Å²) in [5.74, 6) is -0.892. The molecule has 0 unspecified atom stereocenters. The molecule has 2 aliphatic carbocycles. The lowest BCUT2D eigenvalue weighted by Gasteiger charge is -2.27. The second kappa shape index (κ2) is 5.29. The molecule has 1 amide bonds. The summed E-state index contributed by atoms with van der Waals surface area (Å²) in [4.78, 5) is 24.1. The molecule has 0 atom stereocenters. The molecule has 0 heterocycles. The molecular formula is C17H29NO3. The van der Waals surface area contributed by atoms with Crippen LogP contribution >= 0.6 is 0 Å². The lowest BCUT2D eigenvalue weighted by atomic mass is 9.77. The van der Waals surface area contributed by atoms with E-state index in [1.807, 2.05) is 0 Å². The molecule has 4 nitrogen and oxygen atoms in total. The summed E-state index contributed by atoms with van der Waals surface area (Å²) in [6.45, 7) is 8.60. The second-order valence-corrected chi connectivity index (χ2v) is 8.12. The van der Waals surface area contributed by atoms with Crippen molar-refractivity contribution in [2.24, 2.45) is 16.2 Å². The van der Waals surface area contributed by atoms with Gasteiger partial charge in [-0.2, -0.15) is 0 Å². The molecule has 2 rings (SSSR count). The Morgan fingerprint density at radius 1 is 1.00 bits per heavy atom. The van der Waals surface area contributed by atoms with Gasteiger partial charge in [-0.15, -0.1) is 0 Å². The van der Waals surface area contributed by atoms with Crippen molar-refractivity contribution in [3.8, 4) is 0 Å². The lowest BCUT2D eigenvalue weighted by Crippen LogP contribution is -2.39. The van der Waals surface area contributed by atoms with Crippen molar-refractivity contribution < 1.29 is 14.7 Å². The molecule has 0 bridgehead atoms. The molecule has 0 saturated heterocycles. The Labute approximate surface area is 127 Å². The van der Waals surface area contributed by atoms with E-state index in [9.17, 15) is 14.7 Å². The van der Waals surface area contributed by atoms with Gasteiger partial charge in [-0.25, -0.2) is 0 Å². The Hall–Kier alpha value is -1.06. The highest BCUT2D eigenvalue weighted by atomic mass is 16.4. The second-order valence-electron chi connectivity index (χ2n) is 8.12. The van der Waals surface area contributed by atoms with E-state index >= 15 is 0 Å². The summed E-state index contributed by atoms with van der Waals surface area (Å²) in [5, 5.41) is 12.7. The number of hydrogen-bond acceptors (Lipinski definition) is 2. The molecule has 2 fully saturated rings. The number of carbonyl (C=O) groups excluding carboxylic acids is 1. The number of carboxylic acids is 1. The van der Waals surface area contributed by atoms with Crippen LogP contribution in [0.2, 0.25) is 0 Å². The van der Waals surface area contributed by atoms with Crippen molar-refractivity contribution in [1.29, 1.82) is 0 Å². The molecule has 2 aliphatic rings. The first kappa shape index (κ1) is 16.3. The molecule has 2 N–H and O–H groups in total. The van der Waals surface area contributed by atoms with Gasteiger partial charge in [-0.05, 0) is 23.7 Å². The maximum Gasteiger partial charge on any atom is 0.310 e. The predicted octanol–water partition coefficient (Wildman–Crippen LogP) is 3.35. The molecular weight excluding hydrogens is 266 g/mol. The number of rotatable bonds is 4. The summed E-state index contributed by atoms with van der Waals surface area (Å²) in [7, 11) is 0. The van der Waals surface area contributed by atoms with E-state index in [4.69, 9.17) is 0 Å². The number of carboxylic acid groups (broad SMARTS) is 1. The van der Waals surface area contributed by atoms with Crippen LogP contribution in [-0.2, 0) is 9.59 Å². The van der Waals surface area contributed by atoms with Crippen LogP contribution in [0.5, 0.6) is 0 Å². The number of carbonyl (C=O) groups is 2. The van der Waals surface area contributed by atoms with E-state index < -0.39 is 11.4 Å². The third-order valence-electron chi connectivity index (χ3n) is 6.34. The first-order valence-electron chi connectivity index (χ1n) is 8.16. The van der Waals surface area contributed by atoms with Gasteiger partial charge in [0.2, 0.25) is 5.91 Å². The van der Waals surface area contributed by atoms with Gasteiger partial charge in [0.05, 0.1) is 5.41 Å². The molecule has 0 aromatic heterocycles. The molecule has 120 valence electrons. The van der Waals surface area contributed by atoms with Gasteiger partial charge in [0, 0.05) is 12.5 Å². The highest BCUT2D eigenvalue weighted by molar-refractivity contribution is 5.85. The summed E-state index contributed by atoms with van der Waals surface area (Å²) < 4.78 is 0. The van der Waals surface area contributed by atoms with Crippen molar-refractivity contribution in [1.82, 2.24) is 5.32 Å². The smallest absolute Gasteiger partial charge is 0.310 e. The zero-order valence-corrected chi connectivity index (χ0v) is 13.8. The summed E-state index contributed by atoms with van der Waals surface area (Å²) in [6.07, 6.45) is 5.39. The average molecular weight is 295 g/mol. The summed E-state index contributed by atoms with van der Waals surface area (Å²) >= 11 is 0. The molecule has 0 aromatic carbocycles. The SMILES string of the molecule is CC1(C)C(NC(=O)CC2(C(=O)O)CCCCCC2)C1(C)C. The lowest BCUT2D eigenvalue weighted by molar-refractivity contribution is -0.153. The fourth-order valence-electron chi connectivity index (χ4n) is 3.95. The summed E-state index contributed by atoms with van der Waals surface area (Å²) in [6, 6.07) is 0.147. The minimum atomic E-state index is -0.843. The highest BCUT2D eigenvalue weighted by Gasteiger charge is 2.65. The van der Waals surface area contributed by atoms with Gasteiger partial charge >= 0.3 is 5.97 Å². The fraction of sp³-hybridized carbons (Fsp3) is 0.882. The Morgan fingerprint density at radius 3 is 1.86 bits per heavy atom. The Balaban J connectivity index is 2.01. The van der Waals surface area contributed by atoms with Gasteiger partial charge in [0.25, 0.3) is 0 Å². The van der Waals surface area contributed by atoms with Crippen molar-refractivity contribution in [3.05, 3.63) is 0 Å². The average Bonchev–Trinajstić information content (AvgIpc) is 2.88. The molecule has 0 radical (unpaired) electrons. The Bertz CT molecular complexity index is 417. The van der Waals surface area contributed by atoms with Gasteiger partial charge in [-0.3, -0.25) is 9.59 Å². The van der Waals surface area contributed by atoms with Gasteiger partial charge in [0.15, 0.2) is 0 Å². The molecule has 0 aliphatic heterocycles. The third kappa shape index (κ3) is 2.82. The molecule has 0 spiro atoms. The summed E-state index contributed by atoms with van der Waals surface area (Å²) in [5.41, 5.74) is -0.672. The maximum absolute atomic E-state index is 12.4. The van der Waals surface area contributed by atoms with Crippen LogP contribution in [0.25, 0.3) is 0 Å². The van der Waals surface area contributed by atoms with Crippen molar-refractivity contribution in [2.75, 3.05) is 0 Å². The molecule has 4 heteroatoms. The number of hydrogen-bond donors (Lipinski definition) is 2. The first-order valence-corrected chi connectivity index (χ1v) is 8.16. The van der Waals surface area contributed by atoms with Crippen molar-refractivity contribution >= 4 is 11.9 Å². The predicted molar refractivity (Wildman–Crippen MR) is 81.9 cm³/mol. The zero-order valence-electron chi connectivity index (χ0n) is 13.8. The monoisotopic (exact) mass is 295 g/mol. The van der Waals surface area contributed by atoms with E-state index in [1.165, 1.54) is 0 Å². The molecule has 21 heavy (non-hydrogen) atoms. The number of nitrogens with one attached hydrogen (secondary N) is 1. The Morgan fingerprint density at radius 2 is 1.48 bits per heavy atom. The van der Waals surface area contributed by atoms with Crippen LogP contribution in [0.15, 0.2) is 0 Å². The fourth-order valence-corrected chi connectivity index (χ4v) is 3.95. The van der Waals surface area contributed by atoms with E-state index in [0.717, 1.165) is 25.7 Å². The minimum absolute atomic E-state index is 0.0858.